The summed E-state index contributed by atoms with van der Waals surface area (Å²) in [5, 5.41) is 4.90. The topological polar surface area (TPSA) is 86.5 Å². The number of fused-ring (bicyclic) bond motifs is 1. The zero-order valence-electron chi connectivity index (χ0n) is 20.3. The SMILES string of the molecule is CCOC(=O)NCCCn1c(-c2ccc3c(c2)OCO3)cs/c1=N\c1ccc(N2CCOCC2)cc1. The fraction of sp³-hybridized carbons (Fsp3) is 0.385. The highest BCUT2D eigenvalue weighted by Gasteiger charge is 2.16. The van der Waals surface area contributed by atoms with Gasteiger partial charge in [-0.3, -0.25) is 0 Å². The van der Waals surface area contributed by atoms with E-state index in [1.165, 1.54) is 5.69 Å². The van der Waals surface area contributed by atoms with Gasteiger partial charge >= 0.3 is 6.09 Å². The Hall–Kier alpha value is -3.50. The molecule has 2 aliphatic rings. The van der Waals surface area contributed by atoms with Crippen molar-refractivity contribution >= 4 is 28.8 Å². The fourth-order valence-electron chi connectivity index (χ4n) is 4.20. The third kappa shape index (κ3) is 5.66. The van der Waals surface area contributed by atoms with Crippen LogP contribution in [0, 0.1) is 0 Å². The lowest BCUT2D eigenvalue weighted by Gasteiger charge is -2.28. The number of carbonyl (C=O) groups excluding carboxylic acids is 1. The van der Waals surface area contributed by atoms with Crippen LogP contribution in [0.15, 0.2) is 52.8 Å². The number of alkyl carbamates (subject to hydrolysis) is 1. The number of hydrogen-bond acceptors (Lipinski definition) is 8. The van der Waals surface area contributed by atoms with Crippen LogP contribution in [0.1, 0.15) is 13.3 Å². The molecule has 3 aromatic rings. The normalized spacial score (nSPS) is 15.2. The standard InChI is InChI=1S/C26H30N4O5S/c1-2-33-26(31)27-10-3-11-30-22(19-4-9-23-24(16-19)35-18-34-23)17-36-25(30)28-20-5-7-21(8-6-20)29-12-14-32-15-13-29/h4-9,16-17H,2-3,10-15,18H2,1H3,(H,27,31)/b28-25-. The molecule has 10 heteroatoms. The largest absolute Gasteiger partial charge is 0.454 e. The van der Waals surface area contributed by atoms with Crippen molar-refractivity contribution in [3.63, 3.8) is 0 Å². The van der Waals surface area contributed by atoms with Gasteiger partial charge in [-0.2, -0.15) is 0 Å². The fourth-order valence-corrected chi connectivity index (χ4v) is 5.16. The number of morpholine rings is 1. The smallest absolute Gasteiger partial charge is 0.407 e. The second-order valence-corrected chi connectivity index (χ2v) is 9.19. The average Bonchev–Trinajstić information content (AvgIpc) is 3.54. The lowest BCUT2D eigenvalue weighted by molar-refractivity contribution is 0.122. The molecule has 1 N–H and O–H groups in total. The third-order valence-corrected chi connectivity index (χ3v) is 6.88. The number of nitrogens with zero attached hydrogens (tertiary/aromatic N) is 3. The van der Waals surface area contributed by atoms with E-state index in [1.807, 2.05) is 18.2 Å². The zero-order chi connectivity index (χ0) is 24.7. The first-order valence-corrected chi connectivity index (χ1v) is 13.1. The van der Waals surface area contributed by atoms with Crippen molar-refractivity contribution < 1.29 is 23.7 Å². The van der Waals surface area contributed by atoms with Crippen LogP contribution in [0.4, 0.5) is 16.2 Å². The number of ether oxygens (including phenoxy) is 4. The number of benzene rings is 2. The molecule has 0 atom stereocenters. The van der Waals surface area contributed by atoms with Gasteiger partial charge in [-0.15, -0.1) is 11.3 Å². The Balaban J connectivity index is 1.40. The molecular formula is C26H30N4O5S. The van der Waals surface area contributed by atoms with Gasteiger partial charge < -0.3 is 33.7 Å². The summed E-state index contributed by atoms with van der Waals surface area (Å²) in [5.74, 6) is 1.50. The van der Waals surface area contributed by atoms with Gasteiger partial charge in [0.1, 0.15) is 0 Å². The molecule has 9 nitrogen and oxygen atoms in total. The molecule has 2 aliphatic heterocycles. The van der Waals surface area contributed by atoms with Crippen molar-refractivity contribution in [1.82, 2.24) is 9.88 Å². The monoisotopic (exact) mass is 510 g/mol. The van der Waals surface area contributed by atoms with Gasteiger partial charge in [0.05, 0.1) is 31.2 Å². The van der Waals surface area contributed by atoms with E-state index in [2.05, 4.69) is 44.4 Å². The predicted molar refractivity (Wildman–Crippen MR) is 138 cm³/mol. The van der Waals surface area contributed by atoms with E-state index in [0.717, 1.165) is 66.0 Å². The summed E-state index contributed by atoms with van der Waals surface area (Å²) >= 11 is 1.59. The molecule has 5 rings (SSSR count). The minimum Gasteiger partial charge on any atom is -0.454 e. The second-order valence-electron chi connectivity index (χ2n) is 8.35. The minimum absolute atomic E-state index is 0.239. The summed E-state index contributed by atoms with van der Waals surface area (Å²) in [6, 6.07) is 14.3. The highest BCUT2D eigenvalue weighted by atomic mass is 32.1. The summed E-state index contributed by atoms with van der Waals surface area (Å²) < 4.78 is 23.7. The molecule has 0 spiro atoms. The number of carbonyl (C=O) groups is 1. The Morgan fingerprint density at radius 1 is 1.11 bits per heavy atom. The number of amides is 1. The van der Waals surface area contributed by atoms with Crippen molar-refractivity contribution in [2.75, 3.05) is 51.1 Å². The van der Waals surface area contributed by atoms with Crippen molar-refractivity contribution in [1.29, 1.82) is 0 Å². The summed E-state index contributed by atoms with van der Waals surface area (Å²) in [6.07, 6.45) is 0.338. The maximum absolute atomic E-state index is 11.7. The molecule has 1 fully saturated rings. The third-order valence-electron chi connectivity index (χ3n) is 6.02. The molecule has 36 heavy (non-hydrogen) atoms. The molecule has 1 aromatic heterocycles. The Kier molecular flexibility index (Phi) is 7.73. The highest BCUT2D eigenvalue weighted by Crippen LogP contribution is 2.36. The molecule has 0 unspecified atom stereocenters. The molecule has 0 saturated carbocycles. The van der Waals surface area contributed by atoms with Crippen LogP contribution in [0.3, 0.4) is 0 Å². The van der Waals surface area contributed by atoms with E-state index in [0.29, 0.717) is 19.7 Å². The van der Waals surface area contributed by atoms with Crippen LogP contribution < -0.4 is 24.5 Å². The molecular weight excluding hydrogens is 480 g/mol. The summed E-state index contributed by atoms with van der Waals surface area (Å²) in [5.41, 5.74) is 4.14. The maximum Gasteiger partial charge on any atom is 0.407 e. The van der Waals surface area contributed by atoms with Crippen molar-refractivity contribution in [3.8, 4) is 22.8 Å². The van der Waals surface area contributed by atoms with Gasteiger partial charge in [0.15, 0.2) is 16.3 Å². The molecule has 1 saturated heterocycles. The van der Waals surface area contributed by atoms with E-state index >= 15 is 0 Å². The van der Waals surface area contributed by atoms with Gasteiger partial charge in [-0.1, -0.05) is 0 Å². The van der Waals surface area contributed by atoms with Crippen LogP contribution in [0.25, 0.3) is 11.3 Å². The van der Waals surface area contributed by atoms with Gasteiger partial charge in [0.2, 0.25) is 6.79 Å². The van der Waals surface area contributed by atoms with Gasteiger partial charge in [0, 0.05) is 42.8 Å². The number of rotatable bonds is 8. The lowest BCUT2D eigenvalue weighted by Crippen LogP contribution is -2.36. The molecule has 190 valence electrons. The van der Waals surface area contributed by atoms with Crippen molar-refractivity contribution in [3.05, 3.63) is 52.6 Å². The highest BCUT2D eigenvalue weighted by molar-refractivity contribution is 7.07. The van der Waals surface area contributed by atoms with Crippen molar-refractivity contribution in [2.24, 2.45) is 4.99 Å². The van der Waals surface area contributed by atoms with E-state index in [-0.39, 0.29) is 6.79 Å². The lowest BCUT2D eigenvalue weighted by atomic mass is 10.1. The van der Waals surface area contributed by atoms with E-state index < -0.39 is 6.09 Å². The number of thiazole rings is 1. The second kappa shape index (κ2) is 11.5. The summed E-state index contributed by atoms with van der Waals surface area (Å²) in [4.78, 5) is 19.8. The van der Waals surface area contributed by atoms with E-state index in [9.17, 15) is 4.79 Å². The summed E-state index contributed by atoms with van der Waals surface area (Å²) in [7, 11) is 0. The molecule has 2 aromatic carbocycles. The predicted octanol–water partition coefficient (Wildman–Crippen LogP) is 4.15. The van der Waals surface area contributed by atoms with Crippen LogP contribution in [-0.2, 0) is 16.0 Å². The average molecular weight is 511 g/mol. The Morgan fingerprint density at radius 2 is 1.92 bits per heavy atom. The van der Waals surface area contributed by atoms with Crippen LogP contribution in [0.2, 0.25) is 0 Å². The zero-order valence-corrected chi connectivity index (χ0v) is 21.1. The number of hydrogen-bond donors (Lipinski definition) is 1. The van der Waals surface area contributed by atoms with Gasteiger partial charge in [-0.25, -0.2) is 9.79 Å². The molecule has 3 heterocycles. The van der Waals surface area contributed by atoms with Crippen LogP contribution >= 0.6 is 11.3 Å². The first kappa shape index (κ1) is 24.2. The number of anilines is 1. The quantitative estimate of drug-likeness (QED) is 0.458. The molecule has 1 amide bonds. The Morgan fingerprint density at radius 3 is 2.72 bits per heavy atom. The number of nitrogens with one attached hydrogen (secondary N) is 1. The van der Waals surface area contributed by atoms with E-state index in [1.54, 1.807) is 18.3 Å². The van der Waals surface area contributed by atoms with Gasteiger partial charge in [0.25, 0.3) is 0 Å². The molecule has 0 aliphatic carbocycles. The Bertz CT molecular complexity index is 1250. The molecule has 0 radical (unpaired) electrons. The van der Waals surface area contributed by atoms with Crippen LogP contribution in [0.5, 0.6) is 11.5 Å². The van der Waals surface area contributed by atoms with Crippen LogP contribution in [-0.4, -0.2) is 56.9 Å². The van der Waals surface area contributed by atoms with E-state index in [4.69, 9.17) is 23.9 Å². The van der Waals surface area contributed by atoms with Gasteiger partial charge in [-0.05, 0) is 55.8 Å². The first-order valence-electron chi connectivity index (χ1n) is 12.2. The first-order chi connectivity index (χ1) is 17.7. The number of aromatic nitrogens is 1. The Labute approximate surface area is 213 Å². The van der Waals surface area contributed by atoms with Crippen molar-refractivity contribution in [2.45, 2.75) is 19.9 Å². The molecule has 0 bridgehead atoms. The minimum atomic E-state index is -0.394. The maximum atomic E-state index is 11.7. The summed E-state index contributed by atoms with van der Waals surface area (Å²) in [6.45, 7) is 6.90.